The molecular weight excluding hydrogens is 1280 g/mol. The number of fused-ring (bicyclic) bond motifs is 18. The van der Waals surface area contributed by atoms with Crippen molar-refractivity contribution in [2.75, 3.05) is 0 Å². The van der Waals surface area contributed by atoms with Crippen LogP contribution in [0.5, 0.6) is 0 Å². The van der Waals surface area contributed by atoms with Gasteiger partial charge in [0.2, 0.25) is 0 Å². The van der Waals surface area contributed by atoms with Crippen molar-refractivity contribution in [2.24, 2.45) is 0 Å². The molecule has 0 spiro atoms. The maximum absolute atomic E-state index is 7.01. The number of furan rings is 2. The summed E-state index contributed by atoms with van der Waals surface area (Å²) in [5.41, 5.74) is 27.0. The Morgan fingerprint density at radius 2 is 0.578 bits per heavy atom. The van der Waals surface area contributed by atoms with Gasteiger partial charge >= 0.3 is 0 Å². The Morgan fingerprint density at radius 1 is 0.206 bits per heavy atom. The second-order valence-corrected chi connectivity index (χ2v) is 29.0. The highest BCUT2D eigenvalue weighted by molar-refractivity contribution is 7.26. The van der Waals surface area contributed by atoms with Gasteiger partial charge < -0.3 is 18.0 Å². The number of rotatable bonds is 9. The summed E-state index contributed by atoms with van der Waals surface area (Å²) < 4.78 is 23.5. The van der Waals surface area contributed by atoms with E-state index in [-0.39, 0.29) is 0 Å². The van der Waals surface area contributed by atoms with Crippen LogP contribution in [0.3, 0.4) is 0 Å². The summed E-state index contributed by atoms with van der Waals surface area (Å²) in [6.07, 6.45) is 0. The summed E-state index contributed by atoms with van der Waals surface area (Å²) in [7, 11) is 0. The molecule has 0 fully saturated rings. The molecule has 0 amide bonds. The Morgan fingerprint density at radius 3 is 1.16 bits per heavy atom. The molecule has 0 radical (unpaired) electrons. The van der Waals surface area contributed by atoms with Crippen molar-refractivity contribution < 1.29 is 8.83 Å². The lowest BCUT2D eigenvalue weighted by Crippen LogP contribution is -1.94. The van der Waals surface area contributed by atoms with Crippen molar-refractivity contribution in [3.05, 3.63) is 340 Å². The van der Waals surface area contributed by atoms with Crippen molar-refractivity contribution in [2.45, 2.75) is 0 Å². The maximum Gasteiger partial charge on any atom is 0.143 e. The molecule has 0 saturated heterocycles. The van der Waals surface area contributed by atoms with Gasteiger partial charge in [-0.05, 0) is 175 Å². The molecule has 0 atom stereocenters. The van der Waals surface area contributed by atoms with Crippen molar-refractivity contribution in [1.29, 1.82) is 0 Å². The second kappa shape index (κ2) is 22.3. The number of aromatic nitrogens is 2. The Hall–Kier alpha value is -12.8. The highest BCUT2D eigenvalue weighted by atomic mass is 32.1. The van der Waals surface area contributed by atoms with Crippen LogP contribution in [0.15, 0.2) is 349 Å². The van der Waals surface area contributed by atoms with E-state index in [1.165, 1.54) is 134 Å². The molecule has 22 aromatic rings. The van der Waals surface area contributed by atoms with Crippen LogP contribution in [-0.4, -0.2) is 9.13 Å². The summed E-state index contributed by atoms with van der Waals surface area (Å²) >= 11 is 3.75. The number of hydrogen-bond donors (Lipinski definition) is 0. The Kier molecular flexibility index (Phi) is 12.5. The molecule has 0 aliphatic carbocycles. The van der Waals surface area contributed by atoms with Crippen LogP contribution in [0, 0.1) is 0 Å². The highest BCUT2D eigenvalue weighted by Gasteiger charge is 2.25. The van der Waals surface area contributed by atoms with Crippen LogP contribution in [0.1, 0.15) is 0 Å². The van der Waals surface area contributed by atoms with Crippen molar-refractivity contribution in [3.63, 3.8) is 0 Å². The largest absolute Gasteiger partial charge is 0.456 e. The lowest BCUT2D eigenvalue weighted by molar-refractivity contribution is 0.669. The van der Waals surface area contributed by atoms with Crippen molar-refractivity contribution in [3.8, 4) is 89.3 Å². The van der Waals surface area contributed by atoms with Gasteiger partial charge in [0.1, 0.15) is 22.3 Å². The first-order valence-corrected chi connectivity index (χ1v) is 36.4. The molecule has 4 nitrogen and oxygen atoms in total. The SMILES string of the molecule is c1ccc(-c2ccc3c(c2)c2cc(-c4ccccc4)ccc2n3-c2cccc3c2sc2cccc(-c4ccc5oc6c(-c7cccc(-c8ccc9c(c8)c8cc(-c%10ccccc%10)ccc8n9-c8cccc9c8sc8cccc(-c%10cccc%11oc%12ccccc%12c%10%11)c89)c7)cccc6c5c4)c23)cc1. The molecule has 0 N–H and O–H groups in total. The van der Waals surface area contributed by atoms with Crippen LogP contribution in [-0.2, 0) is 0 Å². The Balaban J connectivity index is 0.646. The fourth-order valence-corrected chi connectivity index (χ4v) is 19.2. The number of thiophene rings is 2. The van der Waals surface area contributed by atoms with E-state index >= 15 is 0 Å². The third kappa shape index (κ3) is 8.67. The molecule has 0 saturated carbocycles. The van der Waals surface area contributed by atoms with Gasteiger partial charge in [0.05, 0.1) is 42.8 Å². The monoisotopic (exact) mass is 1330 g/mol. The molecule has 0 aliphatic heterocycles. The average Bonchev–Trinajstić information content (AvgIpc) is 1.57. The summed E-state index contributed by atoms with van der Waals surface area (Å²) in [6.45, 7) is 0. The van der Waals surface area contributed by atoms with E-state index < -0.39 is 0 Å². The Bertz CT molecular complexity index is 7150. The molecule has 6 heterocycles. The molecule has 22 rings (SSSR count). The predicted molar refractivity (Wildman–Crippen MR) is 434 cm³/mol. The molecule has 0 aliphatic rings. The smallest absolute Gasteiger partial charge is 0.143 e. The molecule has 474 valence electrons. The van der Waals surface area contributed by atoms with Gasteiger partial charge in [0.15, 0.2) is 0 Å². The minimum atomic E-state index is 0.864. The first-order chi connectivity index (χ1) is 50.6. The van der Waals surface area contributed by atoms with Crippen LogP contribution >= 0.6 is 22.7 Å². The van der Waals surface area contributed by atoms with Crippen LogP contribution in [0.25, 0.3) is 217 Å². The van der Waals surface area contributed by atoms with Gasteiger partial charge in [-0.15, -0.1) is 22.7 Å². The molecular formula is C96H56N2O2S2. The zero-order valence-corrected chi connectivity index (χ0v) is 56.5. The second-order valence-electron chi connectivity index (χ2n) is 26.9. The van der Waals surface area contributed by atoms with E-state index in [0.29, 0.717) is 0 Å². The first kappa shape index (κ1) is 57.1. The van der Waals surface area contributed by atoms with E-state index in [9.17, 15) is 0 Å². The number of hydrogen-bond acceptors (Lipinski definition) is 4. The summed E-state index contributed by atoms with van der Waals surface area (Å²) in [6, 6.07) is 125. The minimum Gasteiger partial charge on any atom is -0.456 e. The van der Waals surface area contributed by atoms with Gasteiger partial charge in [-0.25, -0.2) is 0 Å². The molecule has 6 heteroatoms. The summed E-state index contributed by atoms with van der Waals surface area (Å²) in [4.78, 5) is 0. The standard InChI is InChI=1S/C96H56N2O2S2/c1-4-19-57(20-5-1)61-41-46-80-75(52-61)76-53-62(58-21-6-2-7-22-58)42-47-81(76)97(80)84-35-14-33-73-92-67(28-17-39-89(92)101-95(73)84)66-45-50-87-79(56-66)71-32-13-29-68(94(71)100-87)65-26-12-25-60(51-65)64-44-49-83-78(55-64)77-54-63(59-23-8-3-9-24-59)43-48-82(77)98(83)85-36-15-34-74-93-70(31-18-40-90(93)102-96(74)85)69-30-16-38-88-91(69)72-27-10-11-37-86(72)99-88/h1-56H. The Labute approximate surface area is 593 Å². The fourth-order valence-electron chi connectivity index (χ4n) is 16.7. The molecule has 102 heavy (non-hydrogen) atoms. The van der Waals surface area contributed by atoms with Gasteiger partial charge in [-0.1, -0.05) is 237 Å². The van der Waals surface area contributed by atoms with Gasteiger partial charge in [0, 0.05) is 79.6 Å². The van der Waals surface area contributed by atoms with Crippen LogP contribution in [0.4, 0.5) is 0 Å². The van der Waals surface area contributed by atoms with E-state index in [2.05, 4.69) is 343 Å². The van der Waals surface area contributed by atoms with Crippen LogP contribution < -0.4 is 0 Å². The molecule has 0 bridgehead atoms. The highest BCUT2D eigenvalue weighted by Crippen LogP contribution is 2.50. The molecule has 16 aromatic carbocycles. The van der Waals surface area contributed by atoms with Crippen LogP contribution in [0.2, 0.25) is 0 Å². The van der Waals surface area contributed by atoms with Gasteiger partial charge in [0.25, 0.3) is 0 Å². The average molecular weight is 1330 g/mol. The number of para-hydroxylation sites is 2. The summed E-state index contributed by atoms with van der Waals surface area (Å²) in [5.74, 6) is 0. The fraction of sp³-hybridized carbons (Fsp3) is 0. The number of nitrogens with zero attached hydrogens (tertiary/aromatic N) is 2. The third-order valence-corrected chi connectivity index (χ3v) is 23.7. The lowest BCUT2D eigenvalue weighted by atomic mass is 9.95. The predicted octanol–water partition coefficient (Wildman–Crippen LogP) is 28.1. The van der Waals surface area contributed by atoms with Crippen molar-refractivity contribution >= 4 is 151 Å². The van der Waals surface area contributed by atoms with E-state index in [0.717, 1.165) is 82.7 Å². The first-order valence-electron chi connectivity index (χ1n) is 34.8. The van der Waals surface area contributed by atoms with E-state index in [1.807, 2.05) is 28.7 Å². The topological polar surface area (TPSA) is 36.1 Å². The minimum absolute atomic E-state index is 0.864. The zero-order valence-electron chi connectivity index (χ0n) is 54.9. The summed E-state index contributed by atoms with van der Waals surface area (Å²) in [5, 5.41) is 14.4. The maximum atomic E-state index is 7.01. The van der Waals surface area contributed by atoms with Gasteiger partial charge in [-0.2, -0.15) is 0 Å². The van der Waals surface area contributed by atoms with E-state index in [1.54, 1.807) is 0 Å². The van der Waals surface area contributed by atoms with Gasteiger partial charge in [-0.3, -0.25) is 0 Å². The normalized spacial score (nSPS) is 12.1. The third-order valence-electron chi connectivity index (χ3n) is 21.3. The van der Waals surface area contributed by atoms with Crippen molar-refractivity contribution in [1.82, 2.24) is 9.13 Å². The van der Waals surface area contributed by atoms with E-state index in [4.69, 9.17) is 8.83 Å². The molecule has 6 aromatic heterocycles. The quantitative estimate of drug-likeness (QED) is 0.144. The number of benzene rings is 16. The lowest BCUT2D eigenvalue weighted by Gasteiger charge is -2.11. The molecule has 0 unspecified atom stereocenters. The zero-order chi connectivity index (χ0) is 66.7.